The van der Waals surface area contributed by atoms with Crippen LogP contribution in [0.1, 0.15) is 19.3 Å². The van der Waals surface area contributed by atoms with Gasteiger partial charge < -0.3 is 4.90 Å². The third-order valence-electron chi connectivity index (χ3n) is 1.80. The third kappa shape index (κ3) is 2.19. The van der Waals surface area contributed by atoms with E-state index in [4.69, 9.17) is 0 Å². The molecular formula is C8H14N. The van der Waals surface area contributed by atoms with Gasteiger partial charge in [-0.3, -0.25) is 0 Å². The second-order valence-corrected chi connectivity index (χ2v) is 2.55. The van der Waals surface area contributed by atoms with E-state index in [1.54, 1.807) is 0 Å². The van der Waals surface area contributed by atoms with Gasteiger partial charge in [-0.05, 0) is 32.4 Å². The highest BCUT2D eigenvalue weighted by atomic mass is 15.1. The summed E-state index contributed by atoms with van der Waals surface area (Å²) < 4.78 is 0. The van der Waals surface area contributed by atoms with Crippen LogP contribution in [0.2, 0.25) is 0 Å². The zero-order valence-electron chi connectivity index (χ0n) is 5.90. The maximum Gasteiger partial charge on any atom is 0.00217 e. The van der Waals surface area contributed by atoms with Gasteiger partial charge in [-0.25, -0.2) is 0 Å². The molecule has 0 aromatic carbocycles. The lowest BCUT2D eigenvalue weighted by Crippen LogP contribution is -2.19. The molecule has 1 heteroatoms. The normalized spacial score (nSPS) is 20.4. The molecule has 1 aliphatic heterocycles. The Kier molecular flexibility index (Phi) is 2.78. The largest absolute Gasteiger partial charge is 0.303 e. The summed E-state index contributed by atoms with van der Waals surface area (Å²) in [5, 5.41) is 0. The van der Waals surface area contributed by atoms with Crippen molar-refractivity contribution in [3.8, 4) is 0 Å². The molecule has 1 fully saturated rings. The molecule has 0 unspecified atom stereocenters. The molecule has 1 aliphatic rings. The number of rotatable bonds is 3. The Morgan fingerprint density at radius 1 is 1.33 bits per heavy atom. The lowest BCUT2D eigenvalue weighted by molar-refractivity contribution is 0.344. The van der Waals surface area contributed by atoms with Crippen LogP contribution in [-0.2, 0) is 0 Å². The van der Waals surface area contributed by atoms with Crippen molar-refractivity contribution < 1.29 is 0 Å². The Morgan fingerprint density at radius 3 is 2.56 bits per heavy atom. The number of hydrogen-bond acceptors (Lipinski definition) is 1. The molecule has 0 aliphatic carbocycles. The molecule has 1 heterocycles. The molecule has 1 rings (SSSR count). The summed E-state index contributed by atoms with van der Waals surface area (Å²) in [7, 11) is 0. The fraction of sp³-hybridized carbons (Fsp3) is 0.750. The van der Waals surface area contributed by atoms with Gasteiger partial charge in [-0.1, -0.05) is 12.7 Å². The van der Waals surface area contributed by atoms with Gasteiger partial charge in [0, 0.05) is 6.54 Å². The fourth-order valence-corrected chi connectivity index (χ4v) is 1.24. The lowest BCUT2D eigenvalue weighted by atomic mass is 10.4. The van der Waals surface area contributed by atoms with Gasteiger partial charge in [0.15, 0.2) is 0 Å². The van der Waals surface area contributed by atoms with Crippen molar-refractivity contribution in [2.24, 2.45) is 0 Å². The Balaban J connectivity index is 2.04. The van der Waals surface area contributed by atoms with E-state index >= 15 is 0 Å². The summed E-state index contributed by atoms with van der Waals surface area (Å²) in [6.45, 7) is 7.33. The van der Waals surface area contributed by atoms with Crippen molar-refractivity contribution in [3.63, 3.8) is 0 Å². The molecule has 0 amide bonds. The molecular weight excluding hydrogens is 110 g/mol. The molecule has 0 spiro atoms. The van der Waals surface area contributed by atoms with Crippen LogP contribution in [0.3, 0.4) is 0 Å². The van der Waals surface area contributed by atoms with Gasteiger partial charge in [-0.2, -0.15) is 0 Å². The van der Waals surface area contributed by atoms with Crippen LogP contribution in [0.25, 0.3) is 0 Å². The van der Waals surface area contributed by atoms with Crippen molar-refractivity contribution in [1.29, 1.82) is 0 Å². The first-order chi connectivity index (χ1) is 4.43. The summed E-state index contributed by atoms with van der Waals surface area (Å²) in [4.78, 5) is 2.47. The van der Waals surface area contributed by atoms with E-state index in [0.717, 1.165) is 6.42 Å². The summed E-state index contributed by atoms with van der Waals surface area (Å²) >= 11 is 0. The van der Waals surface area contributed by atoms with Gasteiger partial charge in [0.25, 0.3) is 0 Å². The predicted molar refractivity (Wildman–Crippen MR) is 39.2 cm³/mol. The van der Waals surface area contributed by atoms with E-state index in [0.29, 0.717) is 0 Å². The zero-order chi connectivity index (χ0) is 6.53. The van der Waals surface area contributed by atoms with Gasteiger partial charge >= 0.3 is 0 Å². The van der Waals surface area contributed by atoms with E-state index in [1.807, 2.05) is 0 Å². The molecule has 0 aromatic heterocycles. The van der Waals surface area contributed by atoms with E-state index in [1.165, 1.54) is 32.5 Å². The average Bonchev–Trinajstić information content (AvgIpc) is 2.34. The molecule has 0 atom stereocenters. The van der Waals surface area contributed by atoms with Crippen LogP contribution in [0, 0.1) is 6.08 Å². The molecule has 0 N–H and O–H groups in total. The second kappa shape index (κ2) is 3.67. The highest BCUT2D eigenvalue weighted by Crippen LogP contribution is 2.06. The maximum atomic E-state index is 3.57. The molecule has 9 heavy (non-hydrogen) atoms. The van der Waals surface area contributed by atoms with Crippen molar-refractivity contribution in [2.75, 3.05) is 19.6 Å². The van der Waals surface area contributed by atoms with Crippen LogP contribution in [-0.4, -0.2) is 24.5 Å². The molecule has 51 valence electrons. The Bertz CT molecular complexity index is 82.6. The molecule has 0 bridgehead atoms. The zero-order valence-corrected chi connectivity index (χ0v) is 5.90. The van der Waals surface area contributed by atoms with Gasteiger partial charge in [0.05, 0.1) is 0 Å². The first-order valence-electron chi connectivity index (χ1n) is 3.66. The highest BCUT2D eigenvalue weighted by Gasteiger charge is 2.08. The van der Waals surface area contributed by atoms with Crippen LogP contribution in [0.5, 0.6) is 0 Å². The van der Waals surface area contributed by atoms with Crippen LogP contribution in [0.4, 0.5) is 0 Å². The maximum absolute atomic E-state index is 3.57. The van der Waals surface area contributed by atoms with Crippen molar-refractivity contribution >= 4 is 0 Å². The minimum Gasteiger partial charge on any atom is -0.303 e. The third-order valence-corrected chi connectivity index (χ3v) is 1.80. The fourth-order valence-electron chi connectivity index (χ4n) is 1.24. The minimum absolute atomic E-state index is 1.03. The molecule has 0 saturated carbocycles. The molecule has 1 nitrogen and oxygen atoms in total. The van der Waals surface area contributed by atoms with E-state index in [2.05, 4.69) is 17.6 Å². The Labute approximate surface area is 57.4 Å². The van der Waals surface area contributed by atoms with Crippen molar-refractivity contribution in [3.05, 3.63) is 12.7 Å². The summed E-state index contributed by atoms with van der Waals surface area (Å²) in [5.74, 6) is 0. The summed E-state index contributed by atoms with van der Waals surface area (Å²) in [6, 6.07) is 0. The minimum atomic E-state index is 1.03. The van der Waals surface area contributed by atoms with Crippen LogP contribution >= 0.6 is 0 Å². The quantitative estimate of drug-likeness (QED) is 0.550. The predicted octanol–water partition coefficient (Wildman–Crippen LogP) is 1.46. The number of hydrogen-bond donors (Lipinski definition) is 0. The number of likely N-dealkylation sites (tertiary alicyclic amines) is 1. The average molecular weight is 124 g/mol. The van der Waals surface area contributed by atoms with E-state index in [9.17, 15) is 0 Å². The van der Waals surface area contributed by atoms with E-state index in [-0.39, 0.29) is 0 Å². The summed E-state index contributed by atoms with van der Waals surface area (Å²) in [6.07, 6.45) is 6.70. The van der Waals surface area contributed by atoms with E-state index < -0.39 is 0 Å². The lowest BCUT2D eigenvalue weighted by Gasteiger charge is -2.11. The monoisotopic (exact) mass is 124 g/mol. The van der Waals surface area contributed by atoms with Crippen LogP contribution < -0.4 is 0 Å². The Morgan fingerprint density at radius 2 is 2.00 bits per heavy atom. The SMILES string of the molecule is C=[C]CCN1CCCC1. The van der Waals surface area contributed by atoms with Crippen LogP contribution in [0.15, 0.2) is 6.58 Å². The molecule has 1 radical (unpaired) electrons. The Hall–Kier alpha value is -0.300. The van der Waals surface area contributed by atoms with Gasteiger partial charge in [0.1, 0.15) is 0 Å². The topological polar surface area (TPSA) is 3.24 Å². The van der Waals surface area contributed by atoms with Gasteiger partial charge in [0.2, 0.25) is 0 Å². The first kappa shape index (κ1) is 6.81. The summed E-state index contributed by atoms with van der Waals surface area (Å²) in [5.41, 5.74) is 0. The molecule has 0 aromatic rings. The van der Waals surface area contributed by atoms with Gasteiger partial charge in [-0.15, -0.1) is 0 Å². The number of nitrogens with zero attached hydrogens (tertiary/aromatic N) is 1. The van der Waals surface area contributed by atoms with Crippen molar-refractivity contribution in [1.82, 2.24) is 4.90 Å². The first-order valence-corrected chi connectivity index (χ1v) is 3.66. The highest BCUT2D eigenvalue weighted by molar-refractivity contribution is 4.68. The standard InChI is InChI=1S/C8H14N/c1-2-3-6-9-7-4-5-8-9/h1,3-8H2. The second-order valence-electron chi connectivity index (χ2n) is 2.55. The smallest absolute Gasteiger partial charge is 0.00217 e. The van der Waals surface area contributed by atoms with Crippen molar-refractivity contribution in [2.45, 2.75) is 19.3 Å². The molecule has 1 saturated heterocycles.